The summed E-state index contributed by atoms with van der Waals surface area (Å²) in [6.07, 6.45) is -0.676. The number of ketones is 2. The predicted molar refractivity (Wildman–Crippen MR) is 183 cm³/mol. The number of carbonyl (C=O) groups excluding carboxylic acids is 4. The van der Waals surface area contributed by atoms with Crippen molar-refractivity contribution in [2.24, 2.45) is 0 Å². The highest BCUT2D eigenvalue weighted by molar-refractivity contribution is 6.40. The normalized spacial score (nSPS) is 11.0. The molecule has 0 bridgehead atoms. The average molecular weight is 763 g/mol. The van der Waals surface area contributed by atoms with Gasteiger partial charge in [-0.05, 0) is 0 Å². The average Bonchev–Trinajstić information content (AvgIpc) is 3.16. The summed E-state index contributed by atoms with van der Waals surface area (Å²) in [5.74, 6) is -4.86. The second kappa shape index (κ2) is 35.6. The molecule has 0 fully saturated rings. The van der Waals surface area contributed by atoms with Gasteiger partial charge < -0.3 is 61.9 Å². The summed E-state index contributed by atoms with van der Waals surface area (Å²) in [5, 5.41) is 8.45. The van der Waals surface area contributed by atoms with Gasteiger partial charge in [-0.25, -0.2) is 9.59 Å². The van der Waals surface area contributed by atoms with Crippen LogP contribution in [0.3, 0.4) is 0 Å². The molecule has 1 rings (SSSR count). The van der Waals surface area contributed by atoms with Gasteiger partial charge in [-0.3, -0.25) is 14.4 Å². The second-order valence-corrected chi connectivity index (χ2v) is 10.4. The van der Waals surface area contributed by atoms with E-state index in [4.69, 9.17) is 61.9 Å². The molecule has 302 valence electrons. The van der Waals surface area contributed by atoms with Crippen LogP contribution in [0.4, 0.5) is 0 Å². The molecule has 1 N–H and O–H groups in total. The number of carboxylic acid groups (broad SMARTS) is 1. The van der Waals surface area contributed by atoms with E-state index in [-0.39, 0.29) is 38.4 Å². The highest BCUT2D eigenvalue weighted by atomic mass is 16.6. The summed E-state index contributed by atoms with van der Waals surface area (Å²) in [6.45, 7) is 7.63. The molecule has 0 aliphatic carbocycles. The minimum atomic E-state index is -1.57. The Morgan fingerprint density at radius 1 is 0.396 bits per heavy atom. The maximum atomic E-state index is 11.9. The molecule has 0 aromatic heterocycles. The first-order valence-electron chi connectivity index (χ1n) is 17.4. The third-order valence-corrected chi connectivity index (χ3v) is 6.32. The number of carboxylic acids is 1. The van der Waals surface area contributed by atoms with E-state index >= 15 is 0 Å². The molecule has 1 aromatic rings. The molecule has 18 heteroatoms. The largest absolute Gasteiger partial charge is 0.476 e. The van der Waals surface area contributed by atoms with Crippen molar-refractivity contribution in [2.45, 2.75) is 12.8 Å². The predicted octanol–water partition coefficient (Wildman–Crippen LogP) is 0.556. The lowest BCUT2D eigenvalue weighted by Crippen LogP contribution is -2.20. The standard InChI is InChI=1S/C35H54O18/c36-31(34(39)40)6-7-32(37)52-28-26-50-24-22-48-20-18-46-16-14-44-12-10-42-8-9-43-11-13-45-15-17-47-19-21-49-23-25-51-27-29-53-35(41)33(38)30-4-2-1-3-5-30/h1-5H,6-29H2,(H,39,40). The molecule has 0 aliphatic rings. The van der Waals surface area contributed by atoms with E-state index in [1.54, 1.807) is 30.3 Å². The summed E-state index contributed by atoms with van der Waals surface area (Å²) in [4.78, 5) is 56.3. The molecule has 53 heavy (non-hydrogen) atoms. The van der Waals surface area contributed by atoms with Crippen molar-refractivity contribution >= 4 is 29.5 Å². The first kappa shape index (κ1) is 47.6. The summed E-state index contributed by atoms with van der Waals surface area (Å²) in [7, 11) is 0. The Hall–Kier alpha value is -3.43. The fourth-order valence-electron chi connectivity index (χ4n) is 3.66. The third kappa shape index (κ3) is 30.7. The number of Topliss-reactive ketones (excluding diaryl/α,β-unsaturated/α-hetero) is 2. The van der Waals surface area contributed by atoms with Crippen LogP contribution >= 0.6 is 0 Å². The van der Waals surface area contributed by atoms with Crippen LogP contribution in [-0.4, -0.2) is 180 Å². The van der Waals surface area contributed by atoms with Gasteiger partial charge in [-0.2, -0.15) is 0 Å². The summed E-state index contributed by atoms with van der Waals surface area (Å²) in [6, 6.07) is 8.21. The van der Waals surface area contributed by atoms with Crippen LogP contribution in [0.5, 0.6) is 0 Å². The first-order valence-corrected chi connectivity index (χ1v) is 17.4. The topological polar surface area (TPSA) is 216 Å². The van der Waals surface area contributed by atoms with Crippen molar-refractivity contribution in [1.82, 2.24) is 0 Å². The molecule has 0 aliphatic heterocycles. The van der Waals surface area contributed by atoms with Gasteiger partial charge in [0.1, 0.15) is 13.2 Å². The van der Waals surface area contributed by atoms with E-state index in [9.17, 15) is 24.0 Å². The smallest absolute Gasteiger partial charge is 0.379 e. The molecule has 0 amide bonds. The highest BCUT2D eigenvalue weighted by Gasteiger charge is 2.17. The van der Waals surface area contributed by atoms with Crippen LogP contribution < -0.4 is 0 Å². The van der Waals surface area contributed by atoms with E-state index in [0.717, 1.165) is 0 Å². The Kier molecular flexibility index (Phi) is 32.0. The Labute approximate surface area is 309 Å². The number of aliphatic carboxylic acids is 1. The van der Waals surface area contributed by atoms with Crippen molar-refractivity contribution < 1.29 is 85.9 Å². The van der Waals surface area contributed by atoms with E-state index in [1.807, 2.05) is 0 Å². The van der Waals surface area contributed by atoms with E-state index < -0.39 is 35.9 Å². The van der Waals surface area contributed by atoms with Crippen molar-refractivity contribution in [3.8, 4) is 0 Å². The van der Waals surface area contributed by atoms with Gasteiger partial charge in [-0.1, -0.05) is 30.3 Å². The molecule has 0 spiro atoms. The number of ether oxygens (including phenoxy) is 12. The fourth-order valence-corrected chi connectivity index (χ4v) is 3.66. The van der Waals surface area contributed by atoms with Crippen LogP contribution in [0, 0.1) is 0 Å². The zero-order chi connectivity index (χ0) is 38.5. The van der Waals surface area contributed by atoms with Gasteiger partial charge in [-0.15, -0.1) is 0 Å². The Balaban J connectivity index is 1.67. The zero-order valence-corrected chi connectivity index (χ0v) is 30.2. The molecular formula is C35H54O18. The second-order valence-electron chi connectivity index (χ2n) is 10.4. The van der Waals surface area contributed by atoms with Crippen LogP contribution in [0.1, 0.15) is 23.2 Å². The van der Waals surface area contributed by atoms with Gasteiger partial charge in [0, 0.05) is 12.0 Å². The van der Waals surface area contributed by atoms with Crippen molar-refractivity contribution in [1.29, 1.82) is 0 Å². The molecule has 0 saturated carbocycles. The summed E-state index contributed by atoms with van der Waals surface area (Å²) in [5.41, 5.74) is 0.284. The molecule has 0 radical (unpaired) electrons. The minimum Gasteiger partial charge on any atom is -0.476 e. The molecule has 0 heterocycles. The van der Waals surface area contributed by atoms with Crippen LogP contribution in [-0.2, 0) is 76.0 Å². The molecule has 18 nitrogen and oxygen atoms in total. The highest BCUT2D eigenvalue weighted by Crippen LogP contribution is 2.01. The number of esters is 2. The number of rotatable bonds is 39. The molecule has 0 saturated heterocycles. The van der Waals surface area contributed by atoms with Crippen LogP contribution in [0.25, 0.3) is 0 Å². The van der Waals surface area contributed by atoms with Crippen molar-refractivity contribution in [3.05, 3.63) is 35.9 Å². The van der Waals surface area contributed by atoms with Gasteiger partial charge in [0.05, 0.1) is 139 Å². The number of benzene rings is 1. The Morgan fingerprint density at radius 2 is 0.698 bits per heavy atom. The fraction of sp³-hybridized carbons (Fsp3) is 0.686. The van der Waals surface area contributed by atoms with Gasteiger partial charge >= 0.3 is 17.9 Å². The minimum absolute atomic E-state index is 0.00408. The van der Waals surface area contributed by atoms with Crippen molar-refractivity contribution in [3.63, 3.8) is 0 Å². The molecule has 1 aromatic carbocycles. The monoisotopic (exact) mass is 762 g/mol. The van der Waals surface area contributed by atoms with Gasteiger partial charge in [0.15, 0.2) is 0 Å². The lowest BCUT2D eigenvalue weighted by molar-refractivity contribution is -0.151. The quantitative estimate of drug-likeness (QED) is 0.0419. The molecular weight excluding hydrogens is 708 g/mol. The molecule has 0 unspecified atom stereocenters. The SMILES string of the molecule is O=C(CCC(=O)C(=O)O)OCCOCCOCCOCCOCCOCCOCCOCCOCCOCCOCCOC(=O)C(=O)c1ccccc1. The van der Waals surface area contributed by atoms with Crippen molar-refractivity contribution in [2.75, 3.05) is 145 Å². The third-order valence-electron chi connectivity index (χ3n) is 6.32. The molecule has 0 atom stereocenters. The van der Waals surface area contributed by atoms with E-state index in [0.29, 0.717) is 119 Å². The summed E-state index contributed by atoms with van der Waals surface area (Å²) >= 11 is 0. The number of carbonyl (C=O) groups is 5. The number of hydrogen-bond donors (Lipinski definition) is 1. The summed E-state index contributed by atoms with van der Waals surface area (Å²) < 4.78 is 63.7. The lowest BCUT2D eigenvalue weighted by Gasteiger charge is -2.09. The first-order chi connectivity index (χ1) is 25.9. The van der Waals surface area contributed by atoms with Crippen LogP contribution in [0.2, 0.25) is 0 Å². The zero-order valence-electron chi connectivity index (χ0n) is 30.2. The van der Waals surface area contributed by atoms with Gasteiger partial charge in [0.2, 0.25) is 5.78 Å². The van der Waals surface area contributed by atoms with Gasteiger partial charge in [0.25, 0.3) is 5.78 Å². The lowest BCUT2D eigenvalue weighted by atomic mass is 10.1. The van der Waals surface area contributed by atoms with E-state index in [1.165, 1.54) is 0 Å². The van der Waals surface area contributed by atoms with E-state index in [2.05, 4.69) is 0 Å². The number of hydrogen-bond acceptors (Lipinski definition) is 17. The van der Waals surface area contributed by atoms with Crippen LogP contribution in [0.15, 0.2) is 30.3 Å². The Morgan fingerprint density at radius 3 is 1.02 bits per heavy atom. The maximum Gasteiger partial charge on any atom is 0.379 e. The maximum absolute atomic E-state index is 11.9. The Bertz CT molecular complexity index is 1090.